The van der Waals surface area contributed by atoms with Crippen molar-refractivity contribution >= 4 is 17.4 Å². The van der Waals surface area contributed by atoms with Gasteiger partial charge in [-0.25, -0.2) is 4.39 Å². The molecular weight excluding hydrogens is 271 g/mol. The minimum atomic E-state index is -0.570. The summed E-state index contributed by atoms with van der Waals surface area (Å²) in [4.78, 5) is 0. The van der Waals surface area contributed by atoms with Crippen LogP contribution < -0.4 is 5.73 Å². The Bertz CT molecular complexity index is 723. The molecule has 0 spiro atoms. The van der Waals surface area contributed by atoms with Gasteiger partial charge in [0.1, 0.15) is 11.5 Å². The molecule has 0 saturated carbocycles. The maximum absolute atomic E-state index is 14.1. The van der Waals surface area contributed by atoms with Crippen LogP contribution in [0.15, 0.2) is 35.0 Å². The lowest BCUT2D eigenvalue weighted by atomic mass is 10.0. The first-order valence-electron chi connectivity index (χ1n) is 5.37. The lowest BCUT2D eigenvalue weighted by molar-refractivity contribution is 0.434. The van der Waals surface area contributed by atoms with E-state index in [4.69, 9.17) is 21.9 Å². The zero-order valence-electron chi connectivity index (χ0n) is 9.52. The molecule has 7 heteroatoms. The van der Waals surface area contributed by atoms with Crippen LogP contribution in [0.4, 0.5) is 10.2 Å². The third kappa shape index (κ3) is 1.86. The Kier molecular flexibility index (Phi) is 2.72. The first kappa shape index (κ1) is 11.7. The number of halogens is 2. The Hall–Kier alpha value is -2.34. The van der Waals surface area contributed by atoms with E-state index in [1.807, 2.05) is 0 Å². The molecule has 0 atom stereocenters. The number of nitrogen functional groups attached to an aromatic ring is 1. The van der Waals surface area contributed by atoms with Crippen LogP contribution in [0.3, 0.4) is 0 Å². The van der Waals surface area contributed by atoms with Crippen molar-refractivity contribution in [1.29, 1.82) is 0 Å². The molecule has 0 aliphatic carbocycles. The van der Waals surface area contributed by atoms with E-state index in [0.29, 0.717) is 17.0 Å². The number of nitrogens with two attached hydrogens (primary N) is 1. The predicted molar refractivity (Wildman–Crippen MR) is 68.9 cm³/mol. The average Bonchev–Trinajstić information content (AvgIpc) is 3.02. The zero-order valence-corrected chi connectivity index (χ0v) is 10.3. The summed E-state index contributed by atoms with van der Waals surface area (Å²) >= 11 is 5.77. The maximum atomic E-state index is 14.1. The van der Waals surface area contributed by atoms with Crippen LogP contribution in [0.5, 0.6) is 0 Å². The van der Waals surface area contributed by atoms with E-state index in [-0.39, 0.29) is 16.4 Å². The number of hydrogen-bond acceptors (Lipinski definition) is 4. The van der Waals surface area contributed by atoms with Gasteiger partial charge in [-0.3, -0.25) is 5.10 Å². The third-order valence-electron chi connectivity index (χ3n) is 2.68. The van der Waals surface area contributed by atoms with Crippen molar-refractivity contribution in [2.45, 2.75) is 0 Å². The standard InChI is InChI=1S/C12H8ClFN4O/c13-7-3-1-2-6(10(7)14)9-11(19-18-12(9)15)8-4-5-16-17-8/h1-5H,(H2,15,18)(H,16,17). The molecule has 0 radical (unpaired) electrons. The molecule has 0 saturated heterocycles. The molecule has 5 nitrogen and oxygen atoms in total. The van der Waals surface area contributed by atoms with Gasteiger partial charge in [0.25, 0.3) is 0 Å². The fourth-order valence-electron chi connectivity index (χ4n) is 1.83. The maximum Gasteiger partial charge on any atom is 0.194 e. The molecule has 0 amide bonds. The molecule has 0 bridgehead atoms. The summed E-state index contributed by atoms with van der Waals surface area (Å²) in [6.45, 7) is 0. The molecule has 3 N–H and O–H groups in total. The third-order valence-corrected chi connectivity index (χ3v) is 2.98. The Morgan fingerprint density at radius 1 is 1.32 bits per heavy atom. The second kappa shape index (κ2) is 4.40. The van der Waals surface area contributed by atoms with Crippen molar-refractivity contribution in [1.82, 2.24) is 15.4 Å². The number of benzene rings is 1. The molecule has 1 aromatic carbocycles. The summed E-state index contributed by atoms with van der Waals surface area (Å²) in [5, 5.41) is 10.2. The van der Waals surface area contributed by atoms with Crippen molar-refractivity contribution in [3.8, 4) is 22.6 Å². The van der Waals surface area contributed by atoms with Crippen molar-refractivity contribution in [3.63, 3.8) is 0 Å². The second-order valence-corrected chi connectivity index (χ2v) is 4.25. The van der Waals surface area contributed by atoms with Gasteiger partial charge in [0, 0.05) is 11.8 Å². The summed E-state index contributed by atoms with van der Waals surface area (Å²) < 4.78 is 19.2. The normalized spacial score (nSPS) is 10.8. The largest absolute Gasteiger partial charge is 0.380 e. The highest BCUT2D eigenvalue weighted by Crippen LogP contribution is 2.38. The summed E-state index contributed by atoms with van der Waals surface area (Å²) in [7, 11) is 0. The lowest BCUT2D eigenvalue weighted by Crippen LogP contribution is -1.92. The van der Waals surface area contributed by atoms with Crippen LogP contribution in [0.2, 0.25) is 5.02 Å². The van der Waals surface area contributed by atoms with Gasteiger partial charge in [0.15, 0.2) is 11.6 Å². The molecule has 0 unspecified atom stereocenters. The van der Waals surface area contributed by atoms with E-state index in [2.05, 4.69) is 15.4 Å². The molecule has 2 aromatic heterocycles. The van der Waals surface area contributed by atoms with E-state index < -0.39 is 5.82 Å². The van der Waals surface area contributed by atoms with Crippen LogP contribution in [-0.2, 0) is 0 Å². The highest BCUT2D eigenvalue weighted by atomic mass is 35.5. The lowest BCUT2D eigenvalue weighted by Gasteiger charge is -2.04. The monoisotopic (exact) mass is 278 g/mol. The fraction of sp³-hybridized carbons (Fsp3) is 0. The number of hydrogen-bond donors (Lipinski definition) is 2. The molecule has 0 fully saturated rings. The van der Waals surface area contributed by atoms with E-state index in [0.717, 1.165) is 0 Å². The van der Waals surface area contributed by atoms with Gasteiger partial charge < -0.3 is 10.3 Å². The van der Waals surface area contributed by atoms with Crippen molar-refractivity contribution < 1.29 is 8.91 Å². The first-order valence-corrected chi connectivity index (χ1v) is 5.75. The highest BCUT2D eigenvalue weighted by molar-refractivity contribution is 6.31. The Morgan fingerprint density at radius 3 is 2.89 bits per heavy atom. The minimum absolute atomic E-state index is 0.00802. The second-order valence-electron chi connectivity index (χ2n) is 3.84. The van der Waals surface area contributed by atoms with Crippen LogP contribution in [0, 0.1) is 5.82 Å². The first-order chi connectivity index (χ1) is 9.18. The van der Waals surface area contributed by atoms with Gasteiger partial charge in [-0.05, 0) is 12.1 Å². The summed E-state index contributed by atoms with van der Waals surface area (Å²) in [6, 6.07) is 6.32. The Labute approximate surface area is 112 Å². The molecule has 96 valence electrons. The Balaban J connectivity index is 2.26. The van der Waals surface area contributed by atoms with Crippen LogP contribution in [0.1, 0.15) is 0 Å². The molecular formula is C12H8ClFN4O. The number of nitrogens with zero attached hydrogens (tertiary/aromatic N) is 2. The molecule has 19 heavy (non-hydrogen) atoms. The van der Waals surface area contributed by atoms with Gasteiger partial charge in [-0.15, -0.1) is 0 Å². The number of aromatic nitrogens is 3. The number of aromatic amines is 1. The number of rotatable bonds is 2. The summed E-state index contributed by atoms with van der Waals surface area (Å²) in [6.07, 6.45) is 1.55. The molecule has 0 aliphatic heterocycles. The quantitative estimate of drug-likeness (QED) is 0.755. The molecule has 3 rings (SSSR count). The minimum Gasteiger partial charge on any atom is -0.380 e. The topological polar surface area (TPSA) is 80.7 Å². The number of nitrogens with one attached hydrogen (secondary N) is 1. The van der Waals surface area contributed by atoms with Crippen molar-refractivity contribution in [2.24, 2.45) is 0 Å². The van der Waals surface area contributed by atoms with Crippen LogP contribution in [0.25, 0.3) is 22.6 Å². The van der Waals surface area contributed by atoms with Gasteiger partial charge in [0.2, 0.25) is 0 Å². The van der Waals surface area contributed by atoms with Crippen molar-refractivity contribution in [3.05, 3.63) is 41.3 Å². The van der Waals surface area contributed by atoms with Gasteiger partial charge >= 0.3 is 0 Å². The fourth-order valence-corrected chi connectivity index (χ4v) is 2.00. The predicted octanol–water partition coefficient (Wildman–Crippen LogP) is 3.11. The van der Waals surface area contributed by atoms with E-state index in [1.54, 1.807) is 24.4 Å². The summed E-state index contributed by atoms with van der Waals surface area (Å²) in [5.41, 5.74) is 6.89. The van der Waals surface area contributed by atoms with E-state index in [1.165, 1.54) is 6.07 Å². The SMILES string of the molecule is Nc1noc(-c2ccn[nH]2)c1-c1cccc(Cl)c1F. The average molecular weight is 279 g/mol. The number of H-pyrrole nitrogens is 1. The van der Waals surface area contributed by atoms with Gasteiger partial charge in [-0.2, -0.15) is 5.10 Å². The summed E-state index contributed by atoms with van der Waals surface area (Å²) in [5.74, 6) is -0.165. The van der Waals surface area contributed by atoms with E-state index in [9.17, 15) is 4.39 Å². The molecule has 2 heterocycles. The Morgan fingerprint density at radius 2 is 2.16 bits per heavy atom. The van der Waals surface area contributed by atoms with E-state index >= 15 is 0 Å². The zero-order chi connectivity index (χ0) is 13.4. The smallest absolute Gasteiger partial charge is 0.194 e. The highest BCUT2D eigenvalue weighted by Gasteiger charge is 2.22. The molecule has 3 aromatic rings. The van der Waals surface area contributed by atoms with Gasteiger partial charge in [0.05, 0.1) is 10.6 Å². The molecule has 0 aliphatic rings. The van der Waals surface area contributed by atoms with Crippen molar-refractivity contribution in [2.75, 3.05) is 5.73 Å². The van der Waals surface area contributed by atoms with Crippen LogP contribution >= 0.6 is 11.6 Å². The van der Waals surface area contributed by atoms with Crippen LogP contribution in [-0.4, -0.2) is 15.4 Å². The number of anilines is 1. The van der Waals surface area contributed by atoms with Gasteiger partial charge in [-0.1, -0.05) is 28.9 Å².